The first-order valence-electron chi connectivity index (χ1n) is 13.0. The molecular formula is C35H22N2O2. The Morgan fingerprint density at radius 2 is 1.26 bits per heavy atom. The molecule has 0 unspecified atom stereocenters. The van der Waals surface area contributed by atoms with Crippen LogP contribution in [0.1, 0.15) is 0 Å². The number of aromatic nitrogens is 1. The van der Waals surface area contributed by atoms with Crippen LogP contribution in [0.2, 0.25) is 0 Å². The summed E-state index contributed by atoms with van der Waals surface area (Å²) in [5.74, 6) is 0.616. The number of rotatable bonds is 4. The van der Waals surface area contributed by atoms with E-state index < -0.39 is 0 Å². The van der Waals surface area contributed by atoms with Gasteiger partial charge in [-0.2, -0.15) is 0 Å². The zero-order chi connectivity index (χ0) is 25.8. The second-order valence-electron chi connectivity index (χ2n) is 9.62. The van der Waals surface area contributed by atoms with E-state index in [4.69, 9.17) is 13.8 Å². The van der Waals surface area contributed by atoms with Gasteiger partial charge < -0.3 is 13.7 Å². The van der Waals surface area contributed by atoms with Gasteiger partial charge in [0.2, 0.25) is 5.89 Å². The van der Waals surface area contributed by atoms with Crippen LogP contribution in [-0.2, 0) is 0 Å². The molecule has 0 amide bonds. The Morgan fingerprint density at radius 3 is 2.13 bits per heavy atom. The van der Waals surface area contributed by atoms with Gasteiger partial charge in [0.25, 0.3) is 0 Å². The molecule has 0 aliphatic heterocycles. The Balaban J connectivity index is 1.41. The number of oxazole rings is 1. The first kappa shape index (κ1) is 21.7. The molecule has 4 heteroatoms. The number of para-hydroxylation sites is 2. The predicted molar refractivity (Wildman–Crippen MR) is 159 cm³/mol. The third kappa shape index (κ3) is 3.50. The third-order valence-electron chi connectivity index (χ3n) is 7.27. The summed E-state index contributed by atoms with van der Waals surface area (Å²) in [5.41, 5.74) is 7.45. The molecule has 0 aliphatic rings. The van der Waals surface area contributed by atoms with Gasteiger partial charge in [-0.05, 0) is 66.0 Å². The van der Waals surface area contributed by atoms with E-state index in [2.05, 4.69) is 83.8 Å². The molecule has 0 radical (unpaired) electrons. The fraction of sp³-hybridized carbons (Fsp3) is 0. The summed E-state index contributed by atoms with van der Waals surface area (Å²) in [7, 11) is 0. The van der Waals surface area contributed by atoms with E-state index in [1.807, 2.05) is 54.6 Å². The molecule has 2 aromatic heterocycles. The second kappa shape index (κ2) is 8.61. The lowest BCUT2D eigenvalue weighted by Crippen LogP contribution is -2.10. The van der Waals surface area contributed by atoms with Crippen molar-refractivity contribution in [3.63, 3.8) is 0 Å². The Bertz CT molecular complexity index is 2130. The molecule has 0 fully saturated rings. The average molecular weight is 503 g/mol. The van der Waals surface area contributed by atoms with Crippen molar-refractivity contribution >= 4 is 60.9 Å². The molecule has 0 aliphatic carbocycles. The van der Waals surface area contributed by atoms with Crippen molar-refractivity contribution in [1.29, 1.82) is 0 Å². The number of benzene rings is 6. The summed E-state index contributed by atoms with van der Waals surface area (Å²) >= 11 is 0. The van der Waals surface area contributed by atoms with Crippen molar-refractivity contribution in [2.45, 2.75) is 0 Å². The number of anilines is 3. The predicted octanol–water partition coefficient (Wildman–Crippen LogP) is 10.0. The molecule has 2 heterocycles. The van der Waals surface area contributed by atoms with Crippen molar-refractivity contribution in [1.82, 2.24) is 4.98 Å². The summed E-state index contributed by atoms with van der Waals surface area (Å²) in [6.45, 7) is 0. The van der Waals surface area contributed by atoms with Gasteiger partial charge in [-0.3, -0.25) is 0 Å². The number of fused-ring (bicyclic) bond motifs is 6. The van der Waals surface area contributed by atoms with Crippen LogP contribution in [0.4, 0.5) is 17.1 Å². The minimum Gasteiger partial charge on any atom is -0.456 e. The molecule has 8 rings (SSSR count). The van der Waals surface area contributed by atoms with Crippen LogP contribution in [0.15, 0.2) is 142 Å². The van der Waals surface area contributed by atoms with Crippen LogP contribution in [-0.4, -0.2) is 4.98 Å². The maximum Gasteiger partial charge on any atom is 0.227 e. The van der Waals surface area contributed by atoms with Gasteiger partial charge in [-0.15, -0.1) is 0 Å². The van der Waals surface area contributed by atoms with Gasteiger partial charge in [0.15, 0.2) is 5.58 Å². The first-order chi connectivity index (χ1) is 19.3. The molecule has 0 N–H and O–H groups in total. The Morgan fingerprint density at radius 1 is 0.513 bits per heavy atom. The van der Waals surface area contributed by atoms with Gasteiger partial charge in [0.1, 0.15) is 16.7 Å². The van der Waals surface area contributed by atoms with E-state index in [0.29, 0.717) is 5.89 Å². The normalized spacial score (nSPS) is 11.6. The zero-order valence-corrected chi connectivity index (χ0v) is 20.9. The minimum absolute atomic E-state index is 0.616. The number of hydrogen-bond acceptors (Lipinski definition) is 4. The molecule has 0 bridgehead atoms. The highest BCUT2D eigenvalue weighted by atomic mass is 16.3. The highest BCUT2D eigenvalue weighted by Crippen LogP contribution is 2.43. The average Bonchev–Trinajstić information content (AvgIpc) is 3.60. The lowest BCUT2D eigenvalue weighted by Gasteiger charge is -2.27. The van der Waals surface area contributed by atoms with E-state index in [9.17, 15) is 0 Å². The van der Waals surface area contributed by atoms with E-state index >= 15 is 0 Å². The monoisotopic (exact) mass is 502 g/mol. The van der Waals surface area contributed by atoms with Crippen LogP contribution in [0, 0.1) is 0 Å². The highest BCUT2D eigenvalue weighted by Gasteiger charge is 2.20. The van der Waals surface area contributed by atoms with Crippen molar-refractivity contribution in [3.05, 3.63) is 133 Å². The third-order valence-corrected chi connectivity index (χ3v) is 7.27. The Hall–Kier alpha value is -5.35. The van der Waals surface area contributed by atoms with Crippen molar-refractivity contribution in [2.75, 3.05) is 4.90 Å². The fourth-order valence-corrected chi connectivity index (χ4v) is 5.49. The minimum atomic E-state index is 0.616. The maximum absolute atomic E-state index is 6.26. The quantitative estimate of drug-likeness (QED) is 0.240. The van der Waals surface area contributed by atoms with E-state index in [1.165, 1.54) is 0 Å². The molecule has 4 nitrogen and oxygen atoms in total. The van der Waals surface area contributed by atoms with Crippen molar-refractivity contribution in [3.8, 4) is 11.5 Å². The molecule has 0 saturated carbocycles. The maximum atomic E-state index is 6.26. The Kier molecular flexibility index (Phi) is 4.79. The van der Waals surface area contributed by atoms with Gasteiger partial charge in [-0.25, -0.2) is 4.98 Å². The zero-order valence-electron chi connectivity index (χ0n) is 20.9. The molecular weight excluding hydrogens is 480 g/mol. The molecule has 8 aromatic rings. The molecule has 39 heavy (non-hydrogen) atoms. The molecule has 0 spiro atoms. The highest BCUT2D eigenvalue weighted by molar-refractivity contribution is 6.13. The Labute approximate surface area is 224 Å². The number of nitrogens with zero attached hydrogens (tertiary/aromatic N) is 2. The summed E-state index contributed by atoms with van der Waals surface area (Å²) < 4.78 is 12.4. The van der Waals surface area contributed by atoms with Gasteiger partial charge >= 0.3 is 0 Å². The topological polar surface area (TPSA) is 42.4 Å². The van der Waals surface area contributed by atoms with E-state index in [-0.39, 0.29) is 0 Å². The number of hydrogen-bond donors (Lipinski definition) is 0. The smallest absolute Gasteiger partial charge is 0.227 e. The molecule has 6 aromatic carbocycles. The van der Waals surface area contributed by atoms with Gasteiger partial charge in [0, 0.05) is 33.1 Å². The van der Waals surface area contributed by atoms with Gasteiger partial charge in [0.05, 0.1) is 5.69 Å². The van der Waals surface area contributed by atoms with Crippen LogP contribution >= 0.6 is 0 Å². The van der Waals surface area contributed by atoms with Gasteiger partial charge in [-0.1, -0.05) is 72.8 Å². The summed E-state index contributed by atoms with van der Waals surface area (Å²) in [4.78, 5) is 7.31. The largest absolute Gasteiger partial charge is 0.456 e. The van der Waals surface area contributed by atoms with Crippen LogP contribution in [0.25, 0.3) is 55.3 Å². The van der Waals surface area contributed by atoms with E-state index in [1.54, 1.807) is 0 Å². The van der Waals surface area contributed by atoms with E-state index in [0.717, 1.165) is 66.4 Å². The number of furan rings is 1. The lowest BCUT2D eigenvalue weighted by molar-refractivity contribution is 0.620. The van der Waals surface area contributed by atoms with Crippen LogP contribution in [0.5, 0.6) is 0 Å². The molecule has 184 valence electrons. The van der Waals surface area contributed by atoms with Crippen LogP contribution < -0.4 is 4.90 Å². The summed E-state index contributed by atoms with van der Waals surface area (Å²) in [6.07, 6.45) is 0. The van der Waals surface area contributed by atoms with Crippen molar-refractivity contribution < 1.29 is 8.83 Å². The molecule has 0 saturated heterocycles. The molecule has 0 atom stereocenters. The standard InChI is InChI=1S/C35H22N2O2/c1-3-10-24(11-4-1)35-36-34-32(39-35)20-18-23-12-9-16-29(33(23)34)37(25-13-5-2-6-14-25)26-19-21-31-28(22-26)27-15-7-8-17-30(27)38-31/h1-22H. The van der Waals surface area contributed by atoms with Crippen LogP contribution in [0.3, 0.4) is 0 Å². The summed E-state index contributed by atoms with van der Waals surface area (Å²) in [6, 6.07) is 45.6. The van der Waals surface area contributed by atoms with Crippen molar-refractivity contribution in [2.24, 2.45) is 0 Å². The summed E-state index contributed by atoms with van der Waals surface area (Å²) in [5, 5.41) is 4.33. The SMILES string of the molecule is c1ccc(-c2nc3c(ccc4cccc(N(c5ccccc5)c5ccc6oc7ccccc7c6c5)c43)o2)cc1. The first-order valence-corrected chi connectivity index (χ1v) is 13.0. The lowest BCUT2D eigenvalue weighted by atomic mass is 10.0. The second-order valence-corrected chi connectivity index (χ2v) is 9.62. The fourth-order valence-electron chi connectivity index (χ4n) is 5.49.